The molecule has 114 valence electrons. The molecule has 0 fully saturated rings. The second-order valence-corrected chi connectivity index (χ2v) is 5.75. The summed E-state index contributed by atoms with van der Waals surface area (Å²) < 4.78 is 22.9. The van der Waals surface area contributed by atoms with Gasteiger partial charge in [-0.3, -0.25) is 4.57 Å². The summed E-state index contributed by atoms with van der Waals surface area (Å²) in [6.07, 6.45) is 5.00. The standard InChI is InChI=1S/C12H22N3O4P/c1-4-7-8-9-11(14-15-13)12(10-16)20(17,18-5-2)19-6-3/h8-9,16H,4-7,10H2,1-3H3/b9-8+,12-11-. The van der Waals surface area contributed by atoms with Gasteiger partial charge < -0.3 is 14.2 Å². The molecule has 7 nitrogen and oxygen atoms in total. The fourth-order valence-electron chi connectivity index (χ4n) is 1.44. The van der Waals surface area contributed by atoms with Crippen molar-refractivity contribution >= 4 is 7.60 Å². The van der Waals surface area contributed by atoms with Crippen LogP contribution in [0.1, 0.15) is 33.6 Å². The van der Waals surface area contributed by atoms with Crippen LogP contribution in [0.5, 0.6) is 0 Å². The van der Waals surface area contributed by atoms with Crippen LogP contribution in [0.15, 0.2) is 28.3 Å². The van der Waals surface area contributed by atoms with Crippen LogP contribution in [0.3, 0.4) is 0 Å². The first-order chi connectivity index (χ1) is 9.59. The van der Waals surface area contributed by atoms with E-state index >= 15 is 0 Å². The molecule has 20 heavy (non-hydrogen) atoms. The summed E-state index contributed by atoms with van der Waals surface area (Å²) in [6, 6.07) is 0. The van der Waals surface area contributed by atoms with Gasteiger partial charge in [0.1, 0.15) is 0 Å². The van der Waals surface area contributed by atoms with Crippen molar-refractivity contribution in [2.75, 3.05) is 19.8 Å². The minimum atomic E-state index is -3.65. The van der Waals surface area contributed by atoms with E-state index in [0.717, 1.165) is 12.8 Å². The third kappa shape index (κ3) is 5.90. The third-order valence-corrected chi connectivity index (χ3v) is 4.49. The number of allylic oxidation sites excluding steroid dienone is 2. The number of rotatable bonds is 10. The number of nitrogens with zero attached hydrogens (tertiary/aromatic N) is 3. The number of hydrogen-bond donors (Lipinski definition) is 1. The zero-order chi connectivity index (χ0) is 15.4. The number of azide groups is 1. The molecule has 0 amide bonds. The van der Waals surface area contributed by atoms with E-state index in [-0.39, 0.29) is 24.2 Å². The highest BCUT2D eigenvalue weighted by molar-refractivity contribution is 7.58. The van der Waals surface area contributed by atoms with E-state index in [2.05, 4.69) is 10.0 Å². The van der Waals surface area contributed by atoms with Gasteiger partial charge in [-0.05, 0) is 25.8 Å². The first-order valence-corrected chi connectivity index (χ1v) is 8.09. The largest absolute Gasteiger partial charge is 0.391 e. The molecule has 0 atom stereocenters. The van der Waals surface area contributed by atoms with Gasteiger partial charge in [0.2, 0.25) is 0 Å². The summed E-state index contributed by atoms with van der Waals surface area (Å²) >= 11 is 0. The molecule has 0 aromatic rings. The Kier molecular flexibility index (Phi) is 10.1. The average Bonchev–Trinajstić information content (AvgIpc) is 2.40. The second-order valence-electron chi connectivity index (χ2n) is 3.70. The van der Waals surface area contributed by atoms with Crippen molar-refractivity contribution in [3.05, 3.63) is 33.6 Å². The molecule has 0 aromatic carbocycles. The van der Waals surface area contributed by atoms with E-state index in [1.54, 1.807) is 19.9 Å². The second kappa shape index (κ2) is 10.7. The Labute approximate surface area is 119 Å². The van der Waals surface area contributed by atoms with Gasteiger partial charge >= 0.3 is 7.60 Å². The first-order valence-electron chi connectivity index (χ1n) is 6.54. The van der Waals surface area contributed by atoms with Gasteiger partial charge in [0.15, 0.2) is 0 Å². The lowest BCUT2D eigenvalue weighted by Crippen LogP contribution is -2.04. The lowest BCUT2D eigenvalue weighted by molar-refractivity contribution is 0.220. The maximum atomic E-state index is 12.6. The molecule has 8 heteroatoms. The Hall–Kier alpha value is -1.10. The number of aliphatic hydroxyl groups excluding tert-OH is 1. The lowest BCUT2D eigenvalue weighted by Gasteiger charge is -2.19. The molecular weight excluding hydrogens is 281 g/mol. The van der Waals surface area contributed by atoms with Crippen molar-refractivity contribution in [2.24, 2.45) is 5.11 Å². The first kappa shape index (κ1) is 18.9. The molecule has 0 spiro atoms. The minimum absolute atomic E-state index is 0.0219. The number of aliphatic hydroxyl groups is 1. The molecule has 1 N–H and O–H groups in total. The minimum Gasteiger partial charge on any atom is -0.391 e. The van der Waals surface area contributed by atoms with Crippen LogP contribution in [0, 0.1) is 0 Å². The van der Waals surface area contributed by atoms with Gasteiger partial charge in [-0.2, -0.15) is 0 Å². The van der Waals surface area contributed by atoms with E-state index < -0.39 is 14.2 Å². The van der Waals surface area contributed by atoms with Gasteiger partial charge in [-0.15, -0.1) is 0 Å². The normalized spacial score (nSPS) is 13.2. The fourth-order valence-corrected chi connectivity index (χ4v) is 3.08. The van der Waals surface area contributed by atoms with E-state index in [1.807, 2.05) is 6.92 Å². The smallest absolute Gasteiger partial charge is 0.360 e. The van der Waals surface area contributed by atoms with Crippen molar-refractivity contribution in [3.8, 4) is 0 Å². The molecule has 0 saturated heterocycles. The van der Waals surface area contributed by atoms with Gasteiger partial charge in [-0.1, -0.05) is 30.6 Å². The van der Waals surface area contributed by atoms with E-state index in [0.29, 0.717) is 0 Å². The average molecular weight is 303 g/mol. The third-order valence-electron chi connectivity index (χ3n) is 2.26. The maximum absolute atomic E-state index is 12.6. The zero-order valence-corrected chi connectivity index (χ0v) is 13.0. The van der Waals surface area contributed by atoms with Gasteiger partial charge in [0.25, 0.3) is 0 Å². The van der Waals surface area contributed by atoms with Crippen LogP contribution in [0.25, 0.3) is 10.4 Å². The molecular formula is C12H22N3O4P. The molecule has 0 bridgehead atoms. The van der Waals surface area contributed by atoms with Crippen LogP contribution in [-0.2, 0) is 13.6 Å². The van der Waals surface area contributed by atoms with E-state index in [9.17, 15) is 9.67 Å². The molecule has 0 aliphatic heterocycles. The fraction of sp³-hybridized carbons (Fsp3) is 0.667. The monoisotopic (exact) mass is 303 g/mol. The molecule has 0 aliphatic rings. The zero-order valence-electron chi connectivity index (χ0n) is 12.2. The van der Waals surface area contributed by atoms with Gasteiger partial charge in [-0.25, -0.2) is 0 Å². The molecule has 0 saturated carbocycles. The Balaban J connectivity index is 5.73. The molecule has 0 unspecified atom stereocenters. The summed E-state index contributed by atoms with van der Waals surface area (Å²) in [5.41, 5.74) is 8.68. The number of hydrogen-bond acceptors (Lipinski definition) is 5. The van der Waals surface area contributed by atoms with Crippen LogP contribution < -0.4 is 0 Å². The van der Waals surface area contributed by atoms with E-state index in [1.165, 1.54) is 6.08 Å². The highest BCUT2D eigenvalue weighted by Crippen LogP contribution is 2.57. The van der Waals surface area contributed by atoms with Crippen LogP contribution in [0.2, 0.25) is 0 Å². The van der Waals surface area contributed by atoms with Crippen LogP contribution >= 0.6 is 7.60 Å². The van der Waals surface area contributed by atoms with Crippen molar-refractivity contribution in [1.29, 1.82) is 0 Å². The summed E-state index contributed by atoms with van der Waals surface area (Å²) in [4.78, 5) is 2.69. The highest BCUT2D eigenvalue weighted by Gasteiger charge is 2.31. The Morgan fingerprint density at radius 1 is 1.35 bits per heavy atom. The Bertz CT molecular complexity index is 432. The van der Waals surface area contributed by atoms with Crippen LogP contribution in [0.4, 0.5) is 0 Å². The molecule has 0 aliphatic carbocycles. The van der Waals surface area contributed by atoms with Crippen molar-refractivity contribution in [1.82, 2.24) is 0 Å². The predicted molar refractivity (Wildman–Crippen MR) is 78.2 cm³/mol. The van der Waals surface area contributed by atoms with Gasteiger partial charge in [0.05, 0.1) is 30.8 Å². The van der Waals surface area contributed by atoms with Crippen molar-refractivity contribution in [3.63, 3.8) is 0 Å². The lowest BCUT2D eigenvalue weighted by atomic mass is 10.3. The Morgan fingerprint density at radius 2 is 1.95 bits per heavy atom. The van der Waals surface area contributed by atoms with Crippen molar-refractivity contribution < 1.29 is 18.7 Å². The number of unbranched alkanes of at least 4 members (excludes halogenated alkanes) is 1. The van der Waals surface area contributed by atoms with Crippen LogP contribution in [-0.4, -0.2) is 24.9 Å². The summed E-state index contributed by atoms with van der Waals surface area (Å²) in [5.74, 6) is 0. The topological polar surface area (TPSA) is 105 Å². The Morgan fingerprint density at radius 3 is 2.35 bits per heavy atom. The maximum Gasteiger partial charge on any atom is 0.360 e. The van der Waals surface area contributed by atoms with E-state index in [4.69, 9.17) is 14.6 Å². The predicted octanol–water partition coefficient (Wildman–Crippen LogP) is 4.12. The van der Waals surface area contributed by atoms with Gasteiger partial charge in [0, 0.05) is 4.91 Å². The molecule has 0 heterocycles. The molecule has 0 radical (unpaired) electrons. The molecule has 0 aromatic heterocycles. The quantitative estimate of drug-likeness (QED) is 0.215. The SMILES string of the molecule is CCC/C=C/C(N=[N+]=[N-])=C(\CO)P(=O)(OCC)OCC. The highest BCUT2D eigenvalue weighted by atomic mass is 31.2. The summed E-state index contributed by atoms with van der Waals surface area (Å²) in [7, 11) is -3.65. The molecule has 0 rings (SSSR count). The van der Waals surface area contributed by atoms with Crippen molar-refractivity contribution in [2.45, 2.75) is 33.6 Å². The summed E-state index contributed by atoms with van der Waals surface area (Å²) in [5, 5.41) is 12.9. The summed E-state index contributed by atoms with van der Waals surface area (Å²) in [6.45, 7) is 5.08.